The Hall–Kier alpha value is -0.580. The van der Waals surface area contributed by atoms with E-state index in [1.807, 2.05) is 32.0 Å². The predicted molar refractivity (Wildman–Crippen MR) is 74.1 cm³/mol. The van der Waals surface area contributed by atoms with Crippen molar-refractivity contribution in [1.82, 2.24) is 0 Å². The topological polar surface area (TPSA) is 33.4 Å². The van der Waals surface area contributed by atoms with E-state index in [1.165, 1.54) is 5.56 Å². The zero-order valence-corrected chi connectivity index (χ0v) is 12.7. The number of aryl methyl sites for hydroxylation is 2. The number of hydrogen-bond acceptors (Lipinski definition) is 2. The molecule has 0 aliphatic rings. The van der Waals surface area contributed by atoms with Crippen LogP contribution in [-0.4, -0.2) is 5.11 Å². The van der Waals surface area contributed by atoms with E-state index in [0.29, 0.717) is 10.4 Å². The van der Waals surface area contributed by atoms with Crippen LogP contribution in [0.5, 0.6) is 0 Å². The van der Waals surface area contributed by atoms with Crippen LogP contribution >= 0.6 is 31.9 Å². The first-order valence-corrected chi connectivity index (χ1v) is 6.77. The Bertz CT molecular complexity index is 527. The highest BCUT2D eigenvalue weighted by atomic mass is 79.9. The Morgan fingerprint density at radius 3 is 2.41 bits per heavy atom. The van der Waals surface area contributed by atoms with E-state index in [9.17, 15) is 5.11 Å². The summed E-state index contributed by atoms with van der Waals surface area (Å²) in [6, 6.07) is 7.73. The van der Waals surface area contributed by atoms with Gasteiger partial charge in [-0.15, -0.1) is 0 Å². The first-order chi connectivity index (χ1) is 7.99. The van der Waals surface area contributed by atoms with E-state index in [2.05, 4.69) is 31.9 Å². The van der Waals surface area contributed by atoms with E-state index in [-0.39, 0.29) is 0 Å². The molecule has 1 atom stereocenters. The van der Waals surface area contributed by atoms with Crippen LogP contribution in [-0.2, 0) is 0 Å². The van der Waals surface area contributed by atoms with Crippen LogP contribution in [0.4, 0.5) is 0 Å². The van der Waals surface area contributed by atoms with Gasteiger partial charge in [-0.2, -0.15) is 0 Å². The molecule has 0 aliphatic carbocycles. The second-order valence-electron chi connectivity index (χ2n) is 4.03. The molecule has 0 saturated heterocycles. The fraction of sp³-hybridized carbons (Fsp3) is 0.231. The molecule has 1 aromatic heterocycles. The van der Waals surface area contributed by atoms with Gasteiger partial charge in [0.2, 0.25) is 0 Å². The molecular weight excluding hydrogens is 348 g/mol. The van der Waals surface area contributed by atoms with Gasteiger partial charge in [0.1, 0.15) is 11.9 Å². The molecule has 2 nitrogen and oxygen atoms in total. The fourth-order valence-corrected chi connectivity index (χ4v) is 2.39. The molecule has 2 rings (SSSR count). The largest absolute Gasteiger partial charge is 0.450 e. The van der Waals surface area contributed by atoms with Gasteiger partial charge < -0.3 is 9.52 Å². The quantitative estimate of drug-likeness (QED) is 0.856. The van der Waals surface area contributed by atoms with Gasteiger partial charge in [0, 0.05) is 0 Å². The Balaban J connectivity index is 2.39. The van der Waals surface area contributed by atoms with Crippen LogP contribution in [0.1, 0.15) is 28.6 Å². The molecule has 0 spiro atoms. The van der Waals surface area contributed by atoms with E-state index in [1.54, 1.807) is 6.07 Å². The highest BCUT2D eigenvalue weighted by Crippen LogP contribution is 2.33. The van der Waals surface area contributed by atoms with Crippen molar-refractivity contribution in [3.8, 4) is 0 Å². The molecule has 17 heavy (non-hydrogen) atoms. The molecule has 0 radical (unpaired) electrons. The summed E-state index contributed by atoms with van der Waals surface area (Å²) in [6.07, 6.45) is -0.738. The summed E-state index contributed by atoms with van der Waals surface area (Å²) >= 11 is 6.60. The molecule has 1 unspecified atom stereocenters. The number of aliphatic hydroxyl groups excluding tert-OH is 1. The van der Waals surface area contributed by atoms with Crippen molar-refractivity contribution in [2.75, 3.05) is 0 Å². The van der Waals surface area contributed by atoms with Crippen LogP contribution < -0.4 is 0 Å². The van der Waals surface area contributed by atoms with Gasteiger partial charge in [-0.25, -0.2) is 0 Å². The maximum absolute atomic E-state index is 10.3. The average Bonchev–Trinajstić information content (AvgIpc) is 2.58. The van der Waals surface area contributed by atoms with Crippen LogP contribution in [0.2, 0.25) is 0 Å². The van der Waals surface area contributed by atoms with Crippen LogP contribution in [0, 0.1) is 13.8 Å². The lowest BCUT2D eigenvalue weighted by atomic mass is 10.00. The minimum Gasteiger partial charge on any atom is -0.450 e. The number of rotatable bonds is 2. The maximum atomic E-state index is 10.3. The minimum atomic E-state index is -0.738. The molecule has 90 valence electrons. The molecular formula is C13H12Br2O2. The average molecular weight is 360 g/mol. The Morgan fingerprint density at radius 1 is 1.18 bits per heavy atom. The molecule has 1 aromatic carbocycles. The van der Waals surface area contributed by atoms with Crippen molar-refractivity contribution in [2.45, 2.75) is 20.0 Å². The van der Waals surface area contributed by atoms with Gasteiger partial charge in [0.15, 0.2) is 4.67 Å². The van der Waals surface area contributed by atoms with Gasteiger partial charge in [0.25, 0.3) is 0 Å². The van der Waals surface area contributed by atoms with Crippen LogP contribution in [0.3, 0.4) is 0 Å². The van der Waals surface area contributed by atoms with E-state index >= 15 is 0 Å². The highest BCUT2D eigenvalue weighted by Gasteiger charge is 2.18. The molecule has 1 N–H and O–H groups in total. The van der Waals surface area contributed by atoms with Gasteiger partial charge in [-0.05, 0) is 62.9 Å². The van der Waals surface area contributed by atoms with E-state index in [4.69, 9.17) is 4.42 Å². The monoisotopic (exact) mass is 358 g/mol. The van der Waals surface area contributed by atoms with Crippen LogP contribution in [0.25, 0.3) is 0 Å². The molecule has 0 amide bonds. The fourth-order valence-electron chi connectivity index (χ4n) is 1.78. The van der Waals surface area contributed by atoms with Gasteiger partial charge in [-0.1, -0.05) is 23.8 Å². The summed E-state index contributed by atoms with van der Waals surface area (Å²) in [5.41, 5.74) is 3.10. The van der Waals surface area contributed by atoms with Crippen molar-refractivity contribution in [2.24, 2.45) is 0 Å². The molecule has 4 heteroatoms. The zero-order chi connectivity index (χ0) is 12.6. The Labute approximate surface area is 117 Å². The summed E-state index contributed by atoms with van der Waals surface area (Å²) in [5, 5.41) is 10.3. The Kier molecular flexibility index (Phi) is 3.76. The predicted octanol–water partition coefficient (Wildman–Crippen LogP) is 4.50. The zero-order valence-electron chi connectivity index (χ0n) is 9.50. The molecule has 1 heterocycles. The summed E-state index contributed by atoms with van der Waals surface area (Å²) in [6.45, 7) is 4.02. The molecule has 0 bridgehead atoms. The maximum Gasteiger partial charge on any atom is 0.183 e. The summed E-state index contributed by atoms with van der Waals surface area (Å²) < 4.78 is 6.83. The van der Waals surface area contributed by atoms with Crippen molar-refractivity contribution in [1.29, 1.82) is 0 Å². The SMILES string of the molecule is Cc1ccc(C(O)c2cc(Br)c(Br)o2)c(C)c1. The lowest BCUT2D eigenvalue weighted by molar-refractivity contribution is 0.187. The standard InChI is InChI=1S/C13H12Br2O2/c1-7-3-4-9(8(2)5-7)12(16)11-6-10(14)13(15)17-11/h3-6,12,16H,1-2H3. The number of aliphatic hydroxyl groups is 1. The number of benzene rings is 1. The second-order valence-corrected chi connectivity index (χ2v) is 5.61. The third-order valence-corrected chi connectivity index (χ3v) is 4.36. The summed E-state index contributed by atoms with van der Waals surface area (Å²) in [5.74, 6) is 0.524. The number of furan rings is 1. The van der Waals surface area contributed by atoms with E-state index < -0.39 is 6.10 Å². The van der Waals surface area contributed by atoms with Crippen molar-refractivity contribution < 1.29 is 9.52 Å². The summed E-state index contributed by atoms with van der Waals surface area (Å²) in [4.78, 5) is 0. The summed E-state index contributed by atoms with van der Waals surface area (Å²) in [7, 11) is 0. The highest BCUT2D eigenvalue weighted by molar-refractivity contribution is 9.13. The van der Waals surface area contributed by atoms with Crippen molar-refractivity contribution in [3.63, 3.8) is 0 Å². The molecule has 0 saturated carbocycles. The normalized spacial score (nSPS) is 12.8. The first-order valence-electron chi connectivity index (χ1n) is 5.19. The number of hydrogen-bond donors (Lipinski definition) is 1. The minimum absolute atomic E-state index is 0.524. The second kappa shape index (κ2) is 4.96. The molecule has 2 aromatic rings. The van der Waals surface area contributed by atoms with Gasteiger partial charge in [-0.3, -0.25) is 0 Å². The third-order valence-electron chi connectivity index (χ3n) is 2.65. The lowest BCUT2D eigenvalue weighted by Gasteiger charge is -2.11. The third kappa shape index (κ3) is 2.64. The van der Waals surface area contributed by atoms with E-state index in [0.717, 1.165) is 15.6 Å². The smallest absolute Gasteiger partial charge is 0.183 e. The Morgan fingerprint density at radius 2 is 1.88 bits per heavy atom. The number of halogens is 2. The molecule has 0 aliphatic heterocycles. The van der Waals surface area contributed by atoms with Crippen molar-refractivity contribution in [3.05, 3.63) is 55.9 Å². The lowest BCUT2D eigenvalue weighted by Crippen LogP contribution is -2.00. The van der Waals surface area contributed by atoms with Gasteiger partial charge in [0.05, 0.1) is 4.47 Å². The van der Waals surface area contributed by atoms with Crippen molar-refractivity contribution >= 4 is 31.9 Å². The first kappa shape index (κ1) is 12.9. The van der Waals surface area contributed by atoms with Crippen LogP contribution in [0.15, 0.2) is 37.8 Å². The molecule has 0 fully saturated rings. The van der Waals surface area contributed by atoms with Gasteiger partial charge >= 0.3 is 0 Å².